The van der Waals surface area contributed by atoms with Crippen molar-refractivity contribution in [1.29, 1.82) is 0 Å². The van der Waals surface area contributed by atoms with Gasteiger partial charge in [0, 0.05) is 18.0 Å². The first-order valence-electron chi connectivity index (χ1n) is 8.03. The molecule has 0 spiro atoms. The van der Waals surface area contributed by atoms with Crippen molar-refractivity contribution in [2.75, 3.05) is 13.2 Å². The van der Waals surface area contributed by atoms with Gasteiger partial charge in [-0.3, -0.25) is 9.78 Å². The summed E-state index contributed by atoms with van der Waals surface area (Å²) in [6, 6.07) is 11.0. The number of aryl methyl sites for hydroxylation is 1. The minimum atomic E-state index is -0.688. The van der Waals surface area contributed by atoms with Crippen LogP contribution in [0.3, 0.4) is 0 Å². The van der Waals surface area contributed by atoms with E-state index in [1.165, 1.54) is 0 Å². The molecule has 2 aromatic heterocycles. The molecule has 1 amide bonds. The smallest absolute Gasteiger partial charge is 0.268 e. The molecular weight excluding hydrogens is 332 g/mol. The van der Waals surface area contributed by atoms with Crippen LogP contribution >= 0.6 is 0 Å². The largest absolute Gasteiger partial charge is 0.475 e. The summed E-state index contributed by atoms with van der Waals surface area (Å²) in [4.78, 5) is 24.8. The molecule has 0 aliphatic rings. The number of benzene rings is 1. The second-order valence-electron chi connectivity index (χ2n) is 5.61. The summed E-state index contributed by atoms with van der Waals surface area (Å²) >= 11 is 0. The lowest BCUT2D eigenvalue weighted by atomic mass is 10.0. The van der Waals surface area contributed by atoms with E-state index in [1.54, 1.807) is 24.5 Å². The molecule has 0 aliphatic carbocycles. The summed E-state index contributed by atoms with van der Waals surface area (Å²) in [5, 5.41) is 9.12. The predicted molar refractivity (Wildman–Crippen MR) is 96.5 cm³/mol. The Morgan fingerprint density at radius 2 is 1.77 bits per heavy atom. The lowest BCUT2D eigenvalue weighted by molar-refractivity contribution is 0.0995. The van der Waals surface area contributed by atoms with E-state index < -0.39 is 5.91 Å². The molecule has 3 N–H and O–H groups in total. The van der Waals surface area contributed by atoms with Crippen molar-refractivity contribution in [3.05, 3.63) is 60.0 Å². The zero-order chi connectivity index (χ0) is 18.5. The number of carbonyl (C=O) groups excluding carboxylic acids is 1. The van der Waals surface area contributed by atoms with Gasteiger partial charge in [0.15, 0.2) is 5.82 Å². The highest BCUT2D eigenvalue weighted by Crippen LogP contribution is 2.33. The number of nitrogens with two attached hydrogens (primary N) is 1. The third-order valence-electron chi connectivity index (χ3n) is 3.72. The molecule has 3 rings (SSSR count). The van der Waals surface area contributed by atoms with E-state index in [4.69, 9.17) is 15.6 Å². The third-order valence-corrected chi connectivity index (χ3v) is 3.72. The fourth-order valence-electron chi connectivity index (χ4n) is 2.48. The van der Waals surface area contributed by atoms with Crippen LogP contribution in [-0.2, 0) is 0 Å². The van der Waals surface area contributed by atoms with Gasteiger partial charge in [-0.1, -0.05) is 29.8 Å². The van der Waals surface area contributed by atoms with E-state index in [-0.39, 0.29) is 24.8 Å². The first kappa shape index (κ1) is 17.5. The molecule has 0 unspecified atom stereocenters. The van der Waals surface area contributed by atoms with Crippen molar-refractivity contribution in [3.8, 4) is 28.4 Å². The van der Waals surface area contributed by atoms with Crippen molar-refractivity contribution in [2.45, 2.75) is 6.92 Å². The maximum absolute atomic E-state index is 12.1. The van der Waals surface area contributed by atoms with Crippen LogP contribution in [0.5, 0.6) is 5.88 Å². The van der Waals surface area contributed by atoms with Crippen LogP contribution in [-0.4, -0.2) is 39.2 Å². The molecule has 0 aliphatic heterocycles. The highest BCUT2D eigenvalue weighted by atomic mass is 16.5. The Balaban J connectivity index is 2.23. The lowest BCUT2D eigenvalue weighted by Crippen LogP contribution is -2.17. The molecular formula is C19H18N4O3. The molecule has 0 atom stereocenters. The van der Waals surface area contributed by atoms with Crippen LogP contribution in [0.15, 0.2) is 48.8 Å². The number of ether oxygens (including phenoxy) is 1. The summed E-state index contributed by atoms with van der Waals surface area (Å²) in [7, 11) is 0. The summed E-state index contributed by atoms with van der Waals surface area (Å²) in [6.07, 6.45) is 3.20. The van der Waals surface area contributed by atoms with Crippen LogP contribution in [0, 0.1) is 6.92 Å². The Morgan fingerprint density at radius 3 is 2.38 bits per heavy atom. The van der Waals surface area contributed by atoms with Crippen molar-refractivity contribution < 1.29 is 14.6 Å². The van der Waals surface area contributed by atoms with Gasteiger partial charge in [0.2, 0.25) is 5.88 Å². The third kappa shape index (κ3) is 3.68. The van der Waals surface area contributed by atoms with Crippen LogP contribution in [0.4, 0.5) is 0 Å². The second-order valence-corrected chi connectivity index (χ2v) is 5.61. The van der Waals surface area contributed by atoms with Crippen molar-refractivity contribution in [2.24, 2.45) is 5.73 Å². The van der Waals surface area contributed by atoms with E-state index in [0.717, 1.165) is 5.56 Å². The van der Waals surface area contributed by atoms with E-state index in [0.29, 0.717) is 22.5 Å². The van der Waals surface area contributed by atoms with E-state index in [9.17, 15) is 4.79 Å². The number of aliphatic hydroxyl groups excluding tert-OH is 1. The second kappa shape index (κ2) is 7.71. The minimum absolute atomic E-state index is 0.0316. The molecule has 7 nitrogen and oxygen atoms in total. The van der Waals surface area contributed by atoms with E-state index >= 15 is 0 Å². The molecule has 0 bridgehead atoms. The molecule has 3 aromatic rings. The highest BCUT2D eigenvalue weighted by molar-refractivity contribution is 5.99. The van der Waals surface area contributed by atoms with E-state index in [2.05, 4.69) is 15.0 Å². The van der Waals surface area contributed by atoms with Gasteiger partial charge in [-0.15, -0.1) is 0 Å². The summed E-state index contributed by atoms with van der Waals surface area (Å²) in [5.74, 6) is -0.198. The van der Waals surface area contributed by atoms with Crippen LogP contribution < -0.4 is 10.5 Å². The molecule has 0 saturated heterocycles. The number of primary amides is 1. The maximum Gasteiger partial charge on any atom is 0.268 e. The molecule has 7 heteroatoms. The normalized spacial score (nSPS) is 10.5. The molecule has 26 heavy (non-hydrogen) atoms. The van der Waals surface area contributed by atoms with Crippen molar-refractivity contribution in [1.82, 2.24) is 15.0 Å². The topological polar surface area (TPSA) is 111 Å². The van der Waals surface area contributed by atoms with Gasteiger partial charge >= 0.3 is 0 Å². The van der Waals surface area contributed by atoms with Gasteiger partial charge in [-0.2, -0.15) is 4.98 Å². The zero-order valence-corrected chi connectivity index (χ0v) is 14.2. The Kier molecular flexibility index (Phi) is 5.19. The Hall–Kier alpha value is -3.32. The molecule has 0 fully saturated rings. The highest BCUT2D eigenvalue weighted by Gasteiger charge is 2.21. The molecule has 0 saturated carbocycles. The molecule has 1 aromatic carbocycles. The number of aliphatic hydroxyl groups is 1. The Labute approximate surface area is 150 Å². The quantitative estimate of drug-likeness (QED) is 0.703. The first-order chi connectivity index (χ1) is 12.6. The van der Waals surface area contributed by atoms with Crippen LogP contribution in [0.2, 0.25) is 0 Å². The SMILES string of the molecule is Cc1ccc(-c2c(OCCO)nc(-c3ccncc3)nc2C(N)=O)cc1. The fraction of sp³-hybridized carbons (Fsp3) is 0.158. The predicted octanol–water partition coefficient (Wildman–Crippen LogP) is 1.98. The van der Waals surface area contributed by atoms with E-state index in [1.807, 2.05) is 31.2 Å². The summed E-state index contributed by atoms with van der Waals surface area (Å²) in [5.41, 5.74) is 8.50. The number of pyridine rings is 1. The van der Waals surface area contributed by atoms with Gasteiger partial charge in [0.05, 0.1) is 12.2 Å². The van der Waals surface area contributed by atoms with Gasteiger partial charge in [-0.05, 0) is 24.6 Å². The van der Waals surface area contributed by atoms with Gasteiger partial charge in [-0.25, -0.2) is 4.98 Å². The van der Waals surface area contributed by atoms with Crippen LogP contribution in [0.1, 0.15) is 16.1 Å². The Bertz CT molecular complexity index is 912. The summed E-state index contributed by atoms with van der Waals surface area (Å²) in [6.45, 7) is 1.81. The van der Waals surface area contributed by atoms with Crippen molar-refractivity contribution >= 4 is 5.91 Å². The zero-order valence-electron chi connectivity index (χ0n) is 14.2. The molecule has 0 radical (unpaired) electrons. The average molecular weight is 350 g/mol. The standard InChI is InChI=1S/C19H18N4O3/c1-12-2-4-13(5-3-12)15-16(17(20)25)22-18(14-6-8-21-9-7-14)23-19(15)26-11-10-24/h2-9,24H,10-11H2,1H3,(H2,20,25). The van der Waals surface area contributed by atoms with Gasteiger partial charge in [0.25, 0.3) is 5.91 Å². The van der Waals surface area contributed by atoms with Gasteiger partial charge in [0.1, 0.15) is 12.3 Å². The number of hydrogen-bond acceptors (Lipinski definition) is 6. The number of rotatable bonds is 6. The number of aromatic nitrogens is 3. The molecule has 2 heterocycles. The number of carbonyl (C=O) groups is 1. The number of amides is 1. The minimum Gasteiger partial charge on any atom is -0.475 e. The van der Waals surface area contributed by atoms with Crippen molar-refractivity contribution in [3.63, 3.8) is 0 Å². The summed E-state index contributed by atoms with van der Waals surface area (Å²) < 4.78 is 5.60. The Morgan fingerprint density at radius 1 is 1.08 bits per heavy atom. The number of hydrogen-bond donors (Lipinski definition) is 2. The molecule has 132 valence electrons. The maximum atomic E-state index is 12.1. The number of nitrogens with zero attached hydrogens (tertiary/aromatic N) is 3. The monoisotopic (exact) mass is 350 g/mol. The van der Waals surface area contributed by atoms with Gasteiger partial charge < -0.3 is 15.6 Å². The first-order valence-corrected chi connectivity index (χ1v) is 8.03. The lowest BCUT2D eigenvalue weighted by Gasteiger charge is -2.14. The van der Waals surface area contributed by atoms with Crippen LogP contribution in [0.25, 0.3) is 22.5 Å². The average Bonchev–Trinajstić information content (AvgIpc) is 2.67. The fourth-order valence-corrected chi connectivity index (χ4v) is 2.48.